The van der Waals surface area contributed by atoms with Crippen molar-refractivity contribution in [1.29, 1.82) is 0 Å². The second kappa shape index (κ2) is 7.18. The minimum absolute atomic E-state index is 0.0872. The third-order valence-corrected chi connectivity index (χ3v) is 5.53. The standard InChI is InChI=1S/C19H23ClN4O/c20-15-3-1-13(2-4-15)12-24-18(7-8-21-24)23-19(25)11-14-9-16-5-6-17(10-14)22-16/h1-4,7-8,14,16-17,22H,5-6,9-12H2,(H,23,25). The summed E-state index contributed by atoms with van der Waals surface area (Å²) in [5.74, 6) is 1.33. The lowest BCUT2D eigenvalue weighted by Crippen LogP contribution is -2.39. The molecule has 2 aliphatic rings. The first-order chi connectivity index (χ1) is 12.2. The first-order valence-corrected chi connectivity index (χ1v) is 9.35. The summed E-state index contributed by atoms with van der Waals surface area (Å²) in [6, 6.07) is 10.8. The second-order valence-electron chi connectivity index (χ2n) is 7.23. The molecule has 4 rings (SSSR count). The monoisotopic (exact) mass is 358 g/mol. The van der Waals surface area contributed by atoms with Gasteiger partial charge < -0.3 is 10.6 Å². The molecule has 2 atom stereocenters. The number of nitrogens with one attached hydrogen (secondary N) is 2. The number of benzene rings is 1. The molecular formula is C19H23ClN4O. The Hall–Kier alpha value is -1.85. The van der Waals surface area contributed by atoms with Crippen LogP contribution in [0, 0.1) is 5.92 Å². The van der Waals surface area contributed by atoms with E-state index in [-0.39, 0.29) is 5.91 Å². The molecule has 2 aliphatic heterocycles. The highest BCUT2D eigenvalue weighted by Crippen LogP contribution is 2.32. The average Bonchev–Trinajstić information content (AvgIpc) is 3.16. The maximum Gasteiger partial charge on any atom is 0.225 e. The Morgan fingerprint density at radius 1 is 1.20 bits per heavy atom. The van der Waals surface area contributed by atoms with Gasteiger partial charge in [-0.25, -0.2) is 4.68 Å². The zero-order chi connectivity index (χ0) is 17.2. The molecule has 5 nitrogen and oxygen atoms in total. The van der Waals surface area contributed by atoms with Crippen molar-refractivity contribution < 1.29 is 4.79 Å². The van der Waals surface area contributed by atoms with Crippen molar-refractivity contribution in [3.63, 3.8) is 0 Å². The smallest absolute Gasteiger partial charge is 0.225 e. The van der Waals surface area contributed by atoms with Crippen LogP contribution < -0.4 is 10.6 Å². The van der Waals surface area contributed by atoms with E-state index >= 15 is 0 Å². The fourth-order valence-corrected chi connectivity index (χ4v) is 4.25. The van der Waals surface area contributed by atoms with E-state index in [2.05, 4.69) is 15.7 Å². The van der Waals surface area contributed by atoms with Crippen molar-refractivity contribution in [2.75, 3.05) is 5.32 Å². The molecule has 2 bridgehead atoms. The van der Waals surface area contributed by atoms with Gasteiger partial charge >= 0.3 is 0 Å². The van der Waals surface area contributed by atoms with Crippen LogP contribution in [0.15, 0.2) is 36.5 Å². The van der Waals surface area contributed by atoms with E-state index in [1.165, 1.54) is 12.8 Å². The van der Waals surface area contributed by atoms with Gasteiger partial charge in [-0.3, -0.25) is 4.79 Å². The van der Waals surface area contributed by atoms with Crippen molar-refractivity contribution in [3.05, 3.63) is 47.1 Å². The summed E-state index contributed by atoms with van der Waals surface area (Å²) in [4.78, 5) is 12.5. The van der Waals surface area contributed by atoms with Gasteiger partial charge in [-0.1, -0.05) is 23.7 Å². The van der Waals surface area contributed by atoms with Crippen LogP contribution in [0.25, 0.3) is 0 Å². The fourth-order valence-electron chi connectivity index (χ4n) is 4.13. The maximum absolute atomic E-state index is 12.5. The number of piperidine rings is 1. The van der Waals surface area contributed by atoms with Crippen LogP contribution in [0.4, 0.5) is 5.82 Å². The van der Waals surface area contributed by atoms with Crippen LogP contribution in [0.1, 0.15) is 37.7 Å². The minimum atomic E-state index is 0.0872. The van der Waals surface area contributed by atoms with Crippen LogP contribution in [0.5, 0.6) is 0 Å². The summed E-state index contributed by atoms with van der Waals surface area (Å²) in [5, 5.41) is 11.7. The normalized spacial score (nSPS) is 25.1. The number of carbonyl (C=O) groups is 1. The number of hydrogen-bond acceptors (Lipinski definition) is 3. The molecule has 1 aromatic carbocycles. The van der Waals surface area contributed by atoms with Gasteiger partial charge in [-0.05, 0) is 49.3 Å². The Labute approximate surface area is 152 Å². The molecule has 2 N–H and O–H groups in total. The van der Waals surface area contributed by atoms with E-state index in [0.717, 1.165) is 24.2 Å². The molecule has 6 heteroatoms. The van der Waals surface area contributed by atoms with Gasteiger partial charge in [0, 0.05) is 29.6 Å². The van der Waals surface area contributed by atoms with Crippen LogP contribution >= 0.6 is 11.6 Å². The molecule has 2 fully saturated rings. The summed E-state index contributed by atoms with van der Waals surface area (Å²) in [6.07, 6.45) is 7.08. The van der Waals surface area contributed by atoms with Gasteiger partial charge in [0.05, 0.1) is 12.7 Å². The third-order valence-electron chi connectivity index (χ3n) is 5.27. The summed E-state index contributed by atoms with van der Waals surface area (Å²) in [6.45, 7) is 0.608. The second-order valence-corrected chi connectivity index (χ2v) is 7.66. The molecule has 2 unspecified atom stereocenters. The molecule has 25 heavy (non-hydrogen) atoms. The average molecular weight is 359 g/mol. The first kappa shape index (κ1) is 16.6. The minimum Gasteiger partial charge on any atom is -0.311 e. The lowest BCUT2D eigenvalue weighted by Gasteiger charge is -2.28. The molecule has 0 spiro atoms. The molecule has 0 radical (unpaired) electrons. The van der Waals surface area contributed by atoms with E-state index < -0.39 is 0 Å². The largest absolute Gasteiger partial charge is 0.311 e. The number of aromatic nitrogens is 2. The first-order valence-electron chi connectivity index (χ1n) is 8.98. The number of anilines is 1. The van der Waals surface area contributed by atoms with Gasteiger partial charge in [-0.2, -0.15) is 5.10 Å². The lowest BCUT2D eigenvalue weighted by atomic mass is 9.89. The van der Waals surface area contributed by atoms with E-state index in [0.29, 0.717) is 36.0 Å². The highest BCUT2D eigenvalue weighted by molar-refractivity contribution is 6.30. The molecule has 132 valence electrons. The number of rotatable bonds is 5. The van der Waals surface area contributed by atoms with Crippen LogP contribution in [-0.2, 0) is 11.3 Å². The Morgan fingerprint density at radius 2 is 1.92 bits per heavy atom. The predicted octanol–water partition coefficient (Wildman–Crippen LogP) is 3.44. The number of amides is 1. The maximum atomic E-state index is 12.5. The van der Waals surface area contributed by atoms with E-state index in [4.69, 9.17) is 11.6 Å². The molecule has 0 saturated carbocycles. The van der Waals surface area contributed by atoms with Crippen LogP contribution in [0.2, 0.25) is 5.02 Å². The Morgan fingerprint density at radius 3 is 2.64 bits per heavy atom. The molecule has 0 aliphatic carbocycles. The van der Waals surface area contributed by atoms with Gasteiger partial charge in [-0.15, -0.1) is 0 Å². The summed E-state index contributed by atoms with van der Waals surface area (Å²) in [5.41, 5.74) is 1.10. The van der Waals surface area contributed by atoms with Gasteiger partial charge in [0.15, 0.2) is 0 Å². The molecule has 2 saturated heterocycles. The molecule has 1 aromatic heterocycles. The van der Waals surface area contributed by atoms with Gasteiger partial charge in [0.25, 0.3) is 0 Å². The SMILES string of the molecule is O=C(CC1CC2CCC(C1)N2)Nc1ccnn1Cc1ccc(Cl)cc1. The highest BCUT2D eigenvalue weighted by Gasteiger charge is 2.34. The van der Waals surface area contributed by atoms with E-state index in [1.807, 2.05) is 35.0 Å². The van der Waals surface area contributed by atoms with Crippen molar-refractivity contribution in [1.82, 2.24) is 15.1 Å². The van der Waals surface area contributed by atoms with Crippen molar-refractivity contribution in [3.8, 4) is 0 Å². The molecule has 3 heterocycles. The van der Waals surface area contributed by atoms with Crippen LogP contribution in [-0.4, -0.2) is 27.8 Å². The molecule has 2 aromatic rings. The lowest BCUT2D eigenvalue weighted by molar-refractivity contribution is -0.117. The Balaban J connectivity index is 1.35. The predicted molar refractivity (Wildman–Crippen MR) is 98.7 cm³/mol. The number of hydrogen-bond donors (Lipinski definition) is 2. The quantitative estimate of drug-likeness (QED) is 0.860. The van der Waals surface area contributed by atoms with Gasteiger partial charge in [0.2, 0.25) is 5.91 Å². The fraction of sp³-hybridized carbons (Fsp3) is 0.474. The third kappa shape index (κ3) is 4.05. The molecule has 1 amide bonds. The highest BCUT2D eigenvalue weighted by atomic mass is 35.5. The van der Waals surface area contributed by atoms with Gasteiger partial charge in [0.1, 0.15) is 5.82 Å². The van der Waals surface area contributed by atoms with Crippen molar-refractivity contribution in [2.24, 2.45) is 5.92 Å². The molecular weight excluding hydrogens is 336 g/mol. The Bertz CT molecular complexity index is 730. The zero-order valence-electron chi connectivity index (χ0n) is 14.1. The summed E-state index contributed by atoms with van der Waals surface area (Å²) >= 11 is 5.93. The van der Waals surface area contributed by atoms with E-state index in [1.54, 1.807) is 6.20 Å². The van der Waals surface area contributed by atoms with Crippen LogP contribution in [0.3, 0.4) is 0 Å². The number of carbonyl (C=O) groups excluding carboxylic acids is 1. The summed E-state index contributed by atoms with van der Waals surface area (Å²) < 4.78 is 1.81. The Kier molecular flexibility index (Phi) is 4.77. The number of nitrogens with zero attached hydrogens (tertiary/aromatic N) is 2. The summed E-state index contributed by atoms with van der Waals surface area (Å²) in [7, 11) is 0. The number of halogens is 1. The topological polar surface area (TPSA) is 59.0 Å². The van der Waals surface area contributed by atoms with Crippen molar-refractivity contribution >= 4 is 23.3 Å². The van der Waals surface area contributed by atoms with E-state index in [9.17, 15) is 4.79 Å². The number of fused-ring (bicyclic) bond motifs is 2. The zero-order valence-corrected chi connectivity index (χ0v) is 14.9. The van der Waals surface area contributed by atoms with Crippen molar-refractivity contribution in [2.45, 2.75) is 50.7 Å².